The lowest BCUT2D eigenvalue weighted by atomic mass is 9.66. The Morgan fingerprint density at radius 3 is 2.35 bits per heavy atom. The highest BCUT2D eigenvalue weighted by Gasteiger charge is 2.51. The largest absolute Gasteiger partial charge is 0.598 e. The third-order valence-corrected chi connectivity index (χ3v) is 7.28. The quantitative estimate of drug-likeness (QED) is 0.854. The van der Waals surface area contributed by atoms with Crippen LogP contribution < -0.4 is 4.72 Å². The first-order valence-corrected chi connectivity index (χ1v) is 9.92. The van der Waals surface area contributed by atoms with Gasteiger partial charge in [-0.25, -0.2) is 0 Å². The number of nitrogens with one attached hydrogen (secondary N) is 1. The predicted octanol–water partition coefficient (Wildman–Crippen LogP) is 3.65. The Morgan fingerprint density at radius 1 is 1.22 bits per heavy atom. The molecule has 0 spiro atoms. The van der Waals surface area contributed by atoms with E-state index in [-0.39, 0.29) is 16.3 Å². The van der Waals surface area contributed by atoms with Crippen LogP contribution in [0.1, 0.15) is 58.1 Å². The van der Waals surface area contributed by atoms with Crippen LogP contribution in [0.25, 0.3) is 0 Å². The molecule has 1 aromatic carbocycles. The van der Waals surface area contributed by atoms with E-state index in [1.54, 1.807) is 0 Å². The zero-order valence-corrected chi connectivity index (χ0v) is 15.7. The molecular formula is C19H30N2OS. The molecule has 2 saturated heterocycles. The summed E-state index contributed by atoms with van der Waals surface area (Å²) in [6.07, 6.45) is 5.00. The second-order valence-corrected chi connectivity index (χ2v) is 10.3. The molecule has 1 aliphatic carbocycles. The average molecular weight is 335 g/mol. The summed E-state index contributed by atoms with van der Waals surface area (Å²) in [5.74, 6) is 0.853. The van der Waals surface area contributed by atoms with Crippen LogP contribution in [0.2, 0.25) is 0 Å². The molecule has 4 heteroatoms. The summed E-state index contributed by atoms with van der Waals surface area (Å²) in [6.45, 7) is 7.29. The van der Waals surface area contributed by atoms with Gasteiger partial charge in [0.1, 0.15) is 4.75 Å². The van der Waals surface area contributed by atoms with Gasteiger partial charge in [-0.3, -0.25) is 4.90 Å². The lowest BCUT2D eigenvalue weighted by Gasteiger charge is -2.56. The Bertz CT molecular complexity index is 520. The maximum atomic E-state index is 12.9. The Labute approximate surface area is 144 Å². The van der Waals surface area contributed by atoms with E-state index in [1.807, 2.05) is 20.8 Å². The summed E-state index contributed by atoms with van der Waals surface area (Å²) in [7, 11) is 2.25. The number of rotatable bonds is 4. The lowest BCUT2D eigenvalue weighted by Crippen LogP contribution is -2.63. The fourth-order valence-electron chi connectivity index (χ4n) is 4.24. The second kappa shape index (κ2) is 6.40. The van der Waals surface area contributed by atoms with Crippen LogP contribution in [-0.4, -0.2) is 33.3 Å². The Morgan fingerprint density at radius 2 is 1.83 bits per heavy atom. The monoisotopic (exact) mass is 334 g/mol. The standard InChI is InChI=1S/C19H30N2OS/c1-18(2,3)23(22)20-17(16-8-6-5-7-9-16)19-12-10-15(11-13-19)14-21(19)4/h5-9,15,17,20H,10-14H2,1-4H3/t15?,17-,19?,23?/m1/s1. The van der Waals surface area contributed by atoms with E-state index in [0.29, 0.717) is 0 Å². The average Bonchev–Trinajstić information content (AvgIpc) is 2.53. The molecule has 0 amide bonds. The second-order valence-electron chi connectivity index (χ2n) is 8.27. The van der Waals surface area contributed by atoms with Gasteiger partial charge in [0.2, 0.25) is 0 Å². The van der Waals surface area contributed by atoms with E-state index in [4.69, 9.17) is 0 Å². The number of hydrogen-bond donors (Lipinski definition) is 1. The molecule has 3 aliphatic rings. The van der Waals surface area contributed by atoms with Crippen LogP contribution >= 0.6 is 0 Å². The first-order valence-electron chi connectivity index (χ1n) is 8.77. The van der Waals surface area contributed by atoms with E-state index in [0.717, 1.165) is 5.92 Å². The maximum Gasteiger partial charge on any atom is 0.136 e. The van der Waals surface area contributed by atoms with Gasteiger partial charge in [0.25, 0.3) is 0 Å². The molecule has 2 atom stereocenters. The summed E-state index contributed by atoms with van der Waals surface area (Å²) < 4.78 is 16.1. The number of nitrogens with zero attached hydrogens (tertiary/aromatic N) is 1. The van der Waals surface area contributed by atoms with E-state index < -0.39 is 11.4 Å². The summed E-state index contributed by atoms with van der Waals surface area (Å²) in [4.78, 5) is 2.54. The van der Waals surface area contributed by atoms with Gasteiger partial charge in [-0.05, 0) is 65.0 Å². The molecule has 3 nitrogen and oxygen atoms in total. The zero-order chi connectivity index (χ0) is 16.7. The molecule has 1 N–H and O–H groups in total. The molecule has 4 rings (SSSR count). The van der Waals surface area contributed by atoms with Gasteiger partial charge in [-0.1, -0.05) is 30.3 Å². The molecule has 1 aromatic rings. The highest BCUT2D eigenvalue weighted by atomic mass is 32.2. The van der Waals surface area contributed by atoms with Crippen LogP contribution in [0.15, 0.2) is 30.3 Å². The first kappa shape index (κ1) is 17.3. The predicted molar refractivity (Wildman–Crippen MR) is 97.5 cm³/mol. The summed E-state index contributed by atoms with van der Waals surface area (Å²) in [6, 6.07) is 10.7. The van der Waals surface area contributed by atoms with E-state index >= 15 is 0 Å². The van der Waals surface area contributed by atoms with Crippen molar-refractivity contribution >= 4 is 11.4 Å². The van der Waals surface area contributed by atoms with Crippen LogP contribution in [0.3, 0.4) is 0 Å². The minimum absolute atomic E-state index is 0.0943. The molecule has 23 heavy (non-hydrogen) atoms. The molecule has 1 saturated carbocycles. The maximum absolute atomic E-state index is 12.9. The van der Waals surface area contributed by atoms with Gasteiger partial charge in [-0.15, -0.1) is 4.72 Å². The van der Waals surface area contributed by atoms with Crippen molar-refractivity contribution in [3.63, 3.8) is 0 Å². The lowest BCUT2D eigenvalue weighted by molar-refractivity contribution is -0.0372. The van der Waals surface area contributed by atoms with Gasteiger partial charge < -0.3 is 4.55 Å². The third kappa shape index (κ3) is 3.32. The van der Waals surface area contributed by atoms with E-state index in [2.05, 4.69) is 47.0 Å². The molecule has 2 aliphatic heterocycles. The summed E-state index contributed by atoms with van der Waals surface area (Å²) in [5, 5.41) is 0. The smallest absolute Gasteiger partial charge is 0.136 e. The first-order chi connectivity index (χ1) is 10.8. The van der Waals surface area contributed by atoms with Gasteiger partial charge >= 0.3 is 0 Å². The molecule has 2 bridgehead atoms. The van der Waals surface area contributed by atoms with Crippen LogP contribution in [0, 0.1) is 5.92 Å². The van der Waals surface area contributed by atoms with Crippen molar-refractivity contribution in [1.29, 1.82) is 0 Å². The zero-order valence-electron chi connectivity index (χ0n) is 14.8. The van der Waals surface area contributed by atoms with Crippen molar-refractivity contribution in [3.8, 4) is 0 Å². The SMILES string of the molecule is CN1CC2CCC1([C@H](N[S+]([O-])C(C)(C)C)c1ccccc1)CC2. The Balaban J connectivity index is 1.95. The van der Waals surface area contributed by atoms with Gasteiger partial charge in [0, 0.05) is 23.4 Å². The van der Waals surface area contributed by atoms with E-state index in [1.165, 1.54) is 37.8 Å². The van der Waals surface area contributed by atoms with Crippen LogP contribution in [0.5, 0.6) is 0 Å². The number of benzene rings is 1. The molecular weight excluding hydrogens is 304 g/mol. The van der Waals surface area contributed by atoms with E-state index in [9.17, 15) is 4.55 Å². The van der Waals surface area contributed by atoms with Crippen LogP contribution in [0.4, 0.5) is 0 Å². The molecule has 1 unspecified atom stereocenters. The highest BCUT2D eigenvalue weighted by molar-refractivity contribution is 7.90. The molecule has 0 aromatic heterocycles. The minimum atomic E-state index is -1.07. The van der Waals surface area contributed by atoms with Crippen molar-refractivity contribution in [1.82, 2.24) is 9.62 Å². The van der Waals surface area contributed by atoms with Crippen molar-refractivity contribution in [3.05, 3.63) is 35.9 Å². The topological polar surface area (TPSA) is 38.3 Å². The fraction of sp³-hybridized carbons (Fsp3) is 0.684. The molecule has 128 valence electrons. The number of piperidine rings is 2. The van der Waals surface area contributed by atoms with Crippen molar-refractivity contribution in [2.24, 2.45) is 5.92 Å². The minimum Gasteiger partial charge on any atom is -0.598 e. The van der Waals surface area contributed by atoms with Crippen molar-refractivity contribution in [2.45, 2.75) is 62.8 Å². The number of likely N-dealkylation sites (N-methyl/N-ethyl adjacent to an activating group) is 1. The highest BCUT2D eigenvalue weighted by Crippen LogP contribution is 2.49. The van der Waals surface area contributed by atoms with Crippen molar-refractivity contribution in [2.75, 3.05) is 13.6 Å². The van der Waals surface area contributed by atoms with Crippen molar-refractivity contribution < 1.29 is 4.55 Å². The molecule has 2 heterocycles. The summed E-state index contributed by atoms with van der Waals surface area (Å²) >= 11 is -1.07. The fourth-order valence-corrected chi connectivity index (χ4v) is 5.16. The third-order valence-electron chi connectivity index (χ3n) is 5.71. The number of fused-ring (bicyclic) bond motifs is 3. The van der Waals surface area contributed by atoms with Gasteiger partial charge in [-0.2, -0.15) is 0 Å². The van der Waals surface area contributed by atoms with Gasteiger partial charge in [0.05, 0.1) is 6.04 Å². The Kier molecular flexibility index (Phi) is 4.81. The molecule has 0 radical (unpaired) electrons. The van der Waals surface area contributed by atoms with Crippen LogP contribution in [-0.2, 0) is 11.4 Å². The summed E-state index contributed by atoms with van der Waals surface area (Å²) in [5.41, 5.74) is 1.36. The normalized spacial score (nSPS) is 31.1. The number of hydrogen-bond acceptors (Lipinski definition) is 3. The Hall–Kier alpha value is -0.550. The molecule has 3 fully saturated rings. The van der Waals surface area contributed by atoms with Gasteiger partial charge in [0.15, 0.2) is 0 Å².